The number of esters is 2. The van der Waals surface area contributed by atoms with Crippen LogP contribution in [0.25, 0.3) is 0 Å². The average Bonchev–Trinajstić information content (AvgIpc) is 3.27. The van der Waals surface area contributed by atoms with Gasteiger partial charge in [0.05, 0.1) is 26.4 Å². The van der Waals surface area contributed by atoms with Crippen LogP contribution < -0.4 is 0 Å². The monoisotopic (exact) mass is 917 g/mol. The first-order chi connectivity index (χ1) is 30.8. The number of allylic oxidation sites excluding steroid dienone is 2. The largest absolute Gasteiger partial charge is 0.472 e. The minimum atomic E-state index is -4.64. The zero-order chi connectivity index (χ0) is 46.2. The van der Waals surface area contributed by atoms with Crippen molar-refractivity contribution in [2.75, 3.05) is 26.4 Å². The van der Waals surface area contributed by atoms with Crippen molar-refractivity contribution >= 4 is 19.8 Å². The predicted molar refractivity (Wildman–Crippen MR) is 261 cm³/mol. The summed E-state index contributed by atoms with van der Waals surface area (Å²) in [6, 6.07) is 0. The predicted octanol–water partition coefficient (Wildman–Crippen LogP) is 15.1. The van der Waals surface area contributed by atoms with Gasteiger partial charge in [0.15, 0.2) is 0 Å². The van der Waals surface area contributed by atoms with E-state index in [9.17, 15) is 29.3 Å². The van der Waals surface area contributed by atoms with E-state index >= 15 is 0 Å². The minimum absolute atomic E-state index is 0.194. The molecule has 0 fully saturated rings. The fraction of sp³-hybridized carbons (Fsp3) is 0.923. The van der Waals surface area contributed by atoms with E-state index in [0.29, 0.717) is 12.8 Å². The highest BCUT2D eigenvalue weighted by atomic mass is 31.2. The van der Waals surface area contributed by atoms with Crippen LogP contribution in [0, 0.1) is 0 Å². The molecule has 0 spiro atoms. The van der Waals surface area contributed by atoms with Gasteiger partial charge < -0.3 is 24.6 Å². The lowest BCUT2D eigenvalue weighted by molar-refractivity contribution is -0.153. The molecule has 0 radical (unpaired) electrons. The lowest BCUT2D eigenvalue weighted by Gasteiger charge is -2.20. The van der Waals surface area contributed by atoms with Gasteiger partial charge >= 0.3 is 19.8 Å². The fourth-order valence-electron chi connectivity index (χ4n) is 7.88. The van der Waals surface area contributed by atoms with Crippen LogP contribution in [-0.2, 0) is 32.7 Å². The van der Waals surface area contributed by atoms with Crippen molar-refractivity contribution in [3.05, 3.63) is 12.2 Å². The lowest BCUT2D eigenvalue weighted by atomic mass is 10.0. The third-order valence-electron chi connectivity index (χ3n) is 12.0. The SMILES string of the molecule is CCCCCCCC/C=C\CCCCCCCCCCCC(=O)OC(CO)COP(=O)(O)OCC(CO)OC(=O)CCCCCCCCCCCCCCCCCCCCCCC. The molecule has 0 rings (SSSR count). The Labute approximate surface area is 387 Å². The van der Waals surface area contributed by atoms with Crippen molar-refractivity contribution in [3.8, 4) is 0 Å². The van der Waals surface area contributed by atoms with Gasteiger partial charge in [-0.05, 0) is 38.5 Å². The zero-order valence-electron chi connectivity index (χ0n) is 41.1. The first-order valence-electron chi connectivity index (χ1n) is 26.6. The highest BCUT2D eigenvalue weighted by molar-refractivity contribution is 7.47. The molecule has 0 aromatic rings. The maximum absolute atomic E-state index is 12.4. The highest BCUT2D eigenvalue weighted by Crippen LogP contribution is 2.43. The number of carbonyl (C=O) groups is 2. The molecule has 0 saturated carbocycles. The summed E-state index contributed by atoms with van der Waals surface area (Å²) in [5.41, 5.74) is 0. The van der Waals surface area contributed by atoms with Crippen LogP contribution in [0.1, 0.15) is 271 Å². The molecule has 10 nitrogen and oxygen atoms in total. The van der Waals surface area contributed by atoms with Crippen molar-refractivity contribution in [2.24, 2.45) is 0 Å². The van der Waals surface area contributed by atoms with Gasteiger partial charge in [-0.25, -0.2) is 4.57 Å². The zero-order valence-corrected chi connectivity index (χ0v) is 42.0. The molecule has 0 heterocycles. The Morgan fingerprint density at radius 1 is 0.413 bits per heavy atom. The standard InChI is InChI=1S/C52H101O10P/c1-3-5-7-9-11-13-15-17-19-21-23-24-26-28-30-32-34-36-38-40-42-44-52(56)62-50(46-54)48-60-63(57,58)59-47-49(45-53)61-51(55)43-41-39-37-35-33-31-29-27-25-22-20-18-16-14-12-10-8-6-4-2/h18,20,49-50,53-54H,3-17,19,21-48H2,1-2H3,(H,57,58)/b20-18-. The van der Waals surface area contributed by atoms with Gasteiger partial charge in [-0.15, -0.1) is 0 Å². The molecule has 0 aromatic carbocycles. The molecule has 11 heteroatoms. The van der Waals surface area contributed by atoms with E-state index in [1.165, 1.54) is 193 Å². The quantitative estimate of drug-likeness (QED) is 0.0233. The van der Waals surface area contributed by atoms with Crippen LogP contribution in [0.15, 0.2) is 12.2 Å². The maximum Gasteiger partial charge on any atom is 0.472 e. The number of rotatable bonds is 51. The van der Waals surface area contributed by atoms with E-state index in [1.54, 1.807) is 0 Å². The van der Waals surface area contributed by atoms with Crippen molar-refractivity contribution in [2.45, 2.75) is 283 Å². The fourth-order valence-corrected chi connectivity index (χ4v) is 8.66. The third-order valence-corrected chi connectivity index (χ3v) is 12.9. The number of ether oxygens (including phenoxy) is 2. The van der Waals surface area contributed by atoms with E-state index in [0.717, 1.165) is 38.5 Å². The van der Waals surface area contributed by atoms with Gasteiger partial charge in [0.2, 0.25) is 0 Å². The average molecular weight is 917 g/mol. The van der Waals surface area contributed by atoms with E-state index in [2.05, 4.69) is 26.0 Å². The summed E-state index contributed by atoms with van der Waals surface area (Å²) < 4.78 is 32.8. The molecule has 0 aliphatic heterocycles. The Bertz CT molecular complexity index is 1060. The van der Waals surface area contributed by atoms with Crippen molar-refractivity contribution < 1.29 is 47.8 Å². The van der Waals surface area contributed by atoms with Gasteiger partial charge in [-0.1, -0.05) is 231 Å². The van der Waals surface area contributed by atoms with Crippen LogP contribution in [-0.4, -0.2) is 65.7 Å². The van der Waals surface area contributed by atoms with E-state index in [1.807, 2.05) is 0 Å². The summed E-state index contributed by atoms with van der Waals surface area (Å²) in [5, 5.41) is 19.3. The number of phosphoric acid groups is 1. The van der Waals surface area contributed by atoms with Gasteiger partial charge in [-0.3, -0.25) is 18.6 Å². The topological polar surface area (TPSA) is 149 Å². The van der Waals surface area contributed by atoms with Gasteiger partial charge in [0.1, 0.15) is 12.2 Å². The lowest BCUT2D eigenvalue weighted by Crippen LogP contribution is -2.28. The summed E-state index contributed by atoms with van der Waals surface area (Å²) >= 11 is 0. The number of aliphatic hydroxyl groups is 2. The Kier molecular flexibility index (Phi) is 47.6. The van der Waals surface area contributed by atoms with Crippen LogP contribution >= 0.6 is 7.82 Å². The smallest absolute Gasteiger partial charge is 0.457 e. The summed E-state index contributed by atoms with van der Waals surface area (Å²) in [6.07, 6.45) is 50.4. The molecule has 0 saturated heterocycles. The number of carbonyl (C=O) groups excluding carboxylic acids is 2. The van der Waals surface area contributed by atoms with Crippen LogP contribution in [0.5, 0.6) is 0 Å². The minimum Gasteiger partial charge on any atom is -0.457 e. The molecule has 63 heavy (non-hydrogen) atoms. The Morgan fingerprint density at radius 3 is 0.905 bits per heavy atom. The van der Waals surface area contributed by atoms with Crippen LogP contribution in [0.4, 0.5) is 0 Å². The van der Waals surface area contributed by atoms with Gasteiger partial charge in [-0.2, -0.15) is 0 Å². The van der Waals surface area contributed by atoms with Crippen molar-refractivity contribution in [1.82, 2.24) is 0 Å². The maximum atomic E-state index is 12.4. The molecular weight excluding hydrogens is 816 g/mol. The normalized spacial score (nSPS) is 13.7. The molecule has 0 aliphatic carbocycles. The second-order valence-electron chi connectivity index (χ2n) is 18.2. The first kappa shape index (κ1) is 61.7. The molecule has 0 aromatic heterocycles. The highest BCUT2D eigenvalue weighted by Gasteiger charge is 2.27. The van der Waals surface area contributed by atoms with Gasteiger partial charge in [0, 0.05) is 12.8 Å². The van der Waals surface area contributed by atoms with E-state index in [-0.39, 0.29) is 12.8 Å². The number of aliphatic hydroxyl groups excluding tert-OH is 2. The number of phosphoric ester groups is 1. The Balaban J connectivity index is 3.79. The summed E-state index contributed by atoms with van der Waals surface area (Å²) in [7, 11) is -4.64. The van der Waals surface area contributed by atoms with Crippen molar-refractivity contribution in [3.63, 3.8) is 0 Å². The first-order valence-corrected chi connectivity index (χ1v) is 28.1. The van der Waals surface area contributed by atoms with Crippen LogP contribution in [0.2, 0.25) is 0 Å². The molecule has 0 aliphatic rings. The number of unbranched alkanes of at least 4 members (excludes halogenated alkanes) is 35. The Hall–Kier alpha value is -1.29. The number of hydrogen-bond acceptors (Lipinski definition) is 9. The molecule has 3 atom stereocenters. The summed E-state index contributed by atoms with van der Waals surface area (Å²) in [6.45, 7) is 2.27. The van der Waals surface area contributed by atoms with Gasteiger partial charge in [0.25, 0.3) is 0 Å². The molecule has 3 N–H and O–H groups in total. The number of hydrogen-bond donors (Lipinski definition) is 3. The third kappa shape index (κ3) is 47.0. The summed E-state index contributed by atoms with van der Waals surface area (Å²) in [4.78, 5) is 34.7. The Morgan fingerprint density at radius 2 is 0.651 bits per heavy atom. The van der Waals surface area contributed by atoms with Crippen molar-refractivity contribution in [1.29, 1.82) is 0 Å². The molecule has 3 unspecified atom stereocenters. The van der Waals surface area contributed by atoms with Crippen LogP contribution in [0.3, 0.4) is 0 Å². The molecule has 0 bridgehead atoms. The van der Waals surface area contributed by atoms with E-state index < -0.39 is 58.4 Å². The van der Waals surface area contributed by atoms with E-state index in [4.69, 9.17) is 18.5 Å². The molecule has 374 valence electrons. The molecule has 0 amide bonds. The summed E-state index contributed by atoms with van der Waals surface area (Å²) in [5.74, 6) is -1.01. The second kappa shape index (κ2) is 48.6. The molecular formula is C52H101O10P. The second-order valence-corrected chi connectivity index (χ2v) is 19.7.